The molecular weight excluding hydrogens is 262 g/mol. The fraction of sp³-hybridized carbons (Fsp3) is 0.588. The van der Waals surface area contributed by atoms with Gasteiger partial charge in [0.1, 0.15) is 5.75 Å². The third kappa shape index (κ3) is 5.66. The zero-order valence-corrected chi connectivity index (χ0v) is 13.2. The topological polar surface area (TPSA) is 45.7 Å². The first kappa shape index (κ1) is 15.7. The Labute approximate surface area is 128 Å². The SMILES string of the molecule is CCNC(=NCCC1CC1)NCCc1ccccc1OC. The monoisotopic (exact) mass is 289 g/mol. The van der Waals surface area contributed by atoms with Crippen molar-refractivity contribution in [2.45, 2.75) is 32.6 Å². The maximum Gasteiger partial charge on any atom is 0.191 e. The summed E-state index contributed by atoms with van der Waals surface area (Å²) in [6.45, 7) is 4.77. The van der Waals surface area contributed by atoms with Gasteiger partial charge in [0.05, 0.1) is 7.11 Å². The second kappa shape index (κ2) is 8.55. The molecule has 0 aliphatic heterocycles. The van der Waals surface area contributed by atoms with Crippen LogP contribution in [0.2, 0.25) is 0 Å². The Morgan fingerprint density at radius 2 is 2.10 bits per heavy atom. The van der Waals surface area contributed by atoms with Crippen LogP contribution in [0, 0.1) is 5.92 Å². The van der Waals surface area contributed by atoms with E-state index in [1.54, 1.807) is 7.11 Å². The maximum absolute atomic E-state index is 5.37. The molecule has 0 unspecified atom stereocenters. The fourth-order valence-corrected chi connectivity index (χ4v) is 2.33. The Kier molecular flexibility index (Phi) is 6.38. The average molecular weight is 289 g/mol. The molecule has 0 atom stereocenters. The summed E-state index contributed by atoms with van der Waals surface area (Å²) in [5, 5.41) is 6.70. The molecule has 4 heteroatoms. The first-order valence-corrected chi connectivity index (χ1v) is 7.97. The highest BCUT2D eigenvalue weighted by molar-refractivity contribution is 5.79. The minimum absolute atomic E-state index is 0.857. The molecule has 1 aliphatic carbocycles. The Hall–Kier alpha value is -1.71. The third-order valence-electron chi connectivity index (χ3n) is 3.73. The third-order valence-corrected chi connectivity index (χ3v) is 3.73. The van der Waals surface area contributed by atoms with Crippen molar-refractivity contribution in [3.63, 3.8) is 0 Å². The zero-order valence-electron chi connectivity index (χ0n) is 13.2. The van der Waals surface area contributed by atoms with Gasteiger partial charge in [0.15, 0.2) is 5.96 Å². The summed E-state index contributed by atoms with van der Waals surface area (Å²) in [6.07, 6.45) is 4.95. The van der Waals surface area contributed by atoms with E-state index in [1.165, 1.54) is 24.8 Å². The normalized spacial score (nSPS) is 14.9. The Morgan fingerprint density at radius 1 is 1.29 bits per heavy atom. The van der Waals surface area contributed by atoms with E-state index >= 15 is 0 Å². The van der Waals surface area contributed by atoms with E-state index in [0.29, 0.717) is 0 Å². The van der Waals surface area contributed by atoms with Crippen LogP contribution in [0.1, 0.15) is 31.7 Å². The Balaban J connectivity index is 1.77. The number of nitrogens with zero attached hydrogens (tertiary/aromatic N) is 1. The summed E-state index contributed by atoms with van der Waals surface area (Å²) < 4.78 is 5.37. The number of hydrogen-bond acceptors (Lipinski definition) is 2. The number of nitrogens with one attached hydrogen (secondary N) is 2. The molecule has 0 saturated heterocycles. The van der Waals surface area contributed by atoms with Crippen LogP contribution in [0.4, 0.5) is 0 Å². The smallest absolute Gasteiger partial charge is 0.191 e. The molecule has 0 spiro atoms. The molecule has 2 N–H and O–H groups in total. The first-order chi connectivity index (χ1) is 10.3. The molecule has 0 heterocycles. The molecule has 1 fully saturated rings. The van der Waals surface area contributed by atoms with Gasteiger partial charge in [-0.2, -0.15) is 0 Å². The van der Waals surface area contributed by atoms with Gasteiger partial charge in [-0.25, -0.2) is 0 Å². The molecule has 4 nitrogen and oxygen atoms in total. The van der Waals surface area contributed by atoms with Crippen molar-refractivity contribution in [3.05, 3.63) is 29.8 Å². The van der Waals surface area contributed by atoms with Gasteiger partial charge in [-0.3, -0.25) is 4.99 Å². The van der Waals surface area contributed by atoms with Crippen LogP contribution in [0.3, 0.4) is 0 Å². The highest BCUT2D eigenvalue weighted by atomic mass is 16.5. The number of para-hydroxylation sites is 1. The molecule has 1 aromatic rings. The average Bonchev–Trinajstić information content (AvgIpc) is 3.32. The standard InChI is InChI=1S/C17H27N3O/c1-3-18-17(19-12-10-14-8-9-14)20-13-11-15-6-4-5-7-16(15)21-2/h4-7,14H,3,8-13H2,1-2H3,(H2,18,19,20). The van der Waals surface area contributed by atoms with Gasteiger partial charge in [-0.05, 0) is 37.3 Å². The van der Waals surface area contributed by atoms with Crippen LogP contribution in [-0.4, -0.2) is 32.7 Å². The molecule has 0 amide bonds. The summed E-state index contributed by atoms with van der Waals surface area (Å²) in [6, 6.07) is 8.16. The predicted octanol–water partition coefficient (Wildman–Crippen LogP) is 2.59. The van der Waals surface area contributed by atoms with Crippen molar-refractivity contribution in [2.24, 2.45) is 10.9 Å². The molecule has 1 aliphatic rings. The van der Waals surface area contributed by atoms with Crippen LogP contribution in [0.5, 0.6) is 5.75 Å². The first-order valence-electron chi connectivity index (χ1n) is 7.97. The number of hydrogen-bond donors (Lipinski definition) is 2. The lowest BCUT2D eigenvalue weighted by Gasteiger charge is -2.12. The summed E-state index contributed by atoms with van der Waals surface area (Å²) in [5.74, 6) is 2.81. The lowest BCUT2D eigenvalue weighted by molar-refractivity contribution is 0.409. The van der Waals surface area contributed by atoms with Crippen LogP contribution in [0.25, 0.3) is 0 Å². The summed E-state index contributed by atoms with van der Waals surface area (Å²) in [7, 11) is 1.72. The molecule has 21 heavy (non-hydrogen) atoms. The summed E-state index contributed by atoms with van der Waals surface area (Å²) in [5.41, 5.74) is 1.22. The predicted molar refractivity (Wildman–Crippen MR) is 88.0 cm³/mol. The molecule has 0 aromatic heterocycles. The number of ether oxygens (including phenoxy) is 1. The van der Waals surface area contributed by atoms with E-state index in [2.05, 4.69) is 28.6 Å². The second-order valence-corrected chi connectivity index (χ2v) is 5.48. The number of guanidine groups is 1. The van der Waals surface area contributed by atoms with Gasteiger partial charge in [-0.1, -0.05) is 31.0 Å². The van der Waals surface area contributed by atoms with E-state index in [9.17, 15) is 0 Å². The Bertz CT molecular complexity index is 455. The van der Waals surface area contributed by atoms with E-state index in [-0.39, 0.29) is 0 Å². The van der Waals surface area contributed by atoms with Gasteiger partial charge in [0, 0.05) is 19.6 Å². The molecular formula is C17H27N3O. The van der Waals surface area contributed by atoms with E-state index in [0.717, 1.165) is 43.7 Å². The molecule has 1 saturated carbocycles. The number of rotatable bonds is 8. The van der Waals surface area contributed by atoms with E-state index in [4.69, 9.17) is 4.74 Å². The number of benzene rings is 1. The minimum atomic E-state index is 0.857. The molecule has 1 aromatic carbocycles. The van der Waals surface area contributed by atoms with Crippen LogP contribution >= 0.6 is 0 Å². The zero-order chi connectivity index (χ0) is 14.9. The summed E-state index contributed by atoms with van der Waals surface area (Å²) >= 11 is 0. The quantitative estimate of drug-likeness (QED) is 0.571. The van der Waals surface area contributed by atoms with Crippen molar-refractivity contribution < 1.29 is 4.74 Å². The molecule has 2 rings (SSSR count). The van der Waals surface area contributed by atoms with Crippen molar-refractivity contribution in [1.29, 1.82) is 0 Å². The number of aliphatic imine (C=N–C) groups is 1. The van der Waals surface area contributed by atoms with Crippen LogP contribution < -0.4 is 15.4 Å². The van der Waals surface area contributed by atoms with Gasteiger partial charge in [0.25, 0.3) is 0 Å². The lowest BCUT2D eigenvalue weighted by Crippen LogP contribution is -2.38. The molecule has 0 radical (unpaired) electrons. The highest BCUT2D eigenvalue weighted by Crippen LogP contribution is 2.32. The van der Waals surface area contributed by atoms with Gasteiger partial charge >= 0.3 is 0 Å². The minimum Gasteiger partial charge on any atom is -0.496 e. The van der Waals surface area contributed by atoms with Gasteiger partial charge < -0.3 is 15.4 Å². The summed E-state index contributed by atoms with van der Waals surface area (Å²) in [4.78, 5) is 4.63. The van der Waals surface area contributed by atoms with Crippen molar-refractivity contribution in [2.75, 3.05) is 26.7 Å². The van der Waals surface area contributed by atoms with Crippen LogP contribution in [0.15, 0.2) is 29.3 Å². The lowest BCUT2D eigenvalue weighted by atomic mass is 10.1. The van der Waals surface area contributed by atoms with Crippen LogP contribution in [-0.2, 0) is 6.42 Å². The Morgan fingerprint density at radius 3 is 2.81 bits per heavy atom. The van der Waals surface area contributed by atoms with Gasteiger partial charge in [0.2, 0.25) is 0 Å². The van der Waals surface area contributed by atoms with E-state index < -0.39 is 0 Å². The number of methoxy groups -OCH3 is 1. The second-order valence-electron chi connectivity index (χ2n) is 5.48. The maximum atomic E-state index is 5.37. The van der Waals surface area contributed by atoms with Crippen molar-refractivity contribution in [3.8, 4) is 5.75 Å². The molecule has 116 valence electrons. The van der Waals surface area contributed by atoms with Crippen molar-refractivity contribution >= 4 is 5.96 Å². The van der Waals surface area contributed by atoms with Gasteiger partial charge in [-0.15, -0.1) is 0 Å². The highest BCUT2D eigenvalue weighted by Gasteiger charge is 2.20. The molecule has 0 bridgehead atoms. The largest absolute Gasteiger partial charge is 0.496 e. The fourth-order valence-electron chi connectivity index (χ4n) is 2.33. The van der Waals surface area contributed by atoms with E-state index in [1.807, 2.05) is 18.2 Å². The van der Waals surface area contributed by atoms with Crippen molar-refractivity contribution in [1.82, 2.24) is 10.6 Å².